The van der Waals surface area contributed by atoms with Gasteiger partial charge in [-0.3, -0.25) is 0 Å². The summed E-state index contributed by atoms with van der Waals surface area (Å²) in [6.07, 6.45) is 17.6. The maximum atomic E-state index is 2.54. The first-order valence-electron chi connectivity index (χ1n) is 6.75. The molecule has 1 saturated carbocycles. The van der Waals surface area contributed by atoms with Crippen molar-refractivity contribution in [3.63, 3.8) is 0 Å². The summed E-state index contributed by atoms with van der Waals surface area (Å²) in [6, 6.07) is 0. The van der Waals surface area contributed by atoms with Gasteiger partial charge in [0.25, 0.3) is 0 Å². The Bertz CT molecular complexity index is 387. The molecular weight excluding hydrogens is 192 g/mol. The van der Waals surface area contributed by atoms with E-state index in [-0.39, 0.29) is 0 Å². The van der Waals surface area contributed by atoms with Gasteiger partial charge in [0.2, 0.25) is 0 Å². The molecule has 0 spiro atoms. The molecule has 5 aliphatic rings. The summed E-state index contributed by atoms with van der Waals surface area (Å²) in [5.74, 6) is 3.31. The Morgan fingerprint density at radius 2 is 1.25 bits per heavy atom. The van der Waals surface area contributed by atoms with Crippen molar-refractivity contribution in [2.45, 2.75) is 26.7 Å². The van der Waals surface area contributed by atoms with Crippen molar-refractivity contribution in [3.05, 3.63) is 36.5 Å². The summed E-state index contributed by atoms with van der Waals surface area (Å²) in [4.78, 5) is 0. The molecule has 6 atom stereocenters. The number of hydrogen-bond donors (Lipinski definition) is 0. The van der Waals surface area contributed by atoms with E-state index in [1.54, 1.807) is 0 Å². The summed E-state index contributed by atoms with van der Waals surface area (Å²) in [6.45, 7) is 4.93. The van der Waals surface area contributed by atoms with Crippen LogP contribution >= 0.6 is 0 Å². The first-order valence-corrected chi connectivity index (χ1v) is 6.75. The minimum absolute atomic E-state index is 0.507. The van der Waals surface area contributed by atoms with Crippen LogP contribution in [-0.4, -0.2) is 0 Å². The van der Waals surface area contributed by atoms with Crippen molar-refractivity contribution in [2.24, 2.45) is 34.5 Å². The summed E-state index contributed by atoms with van der Waals surface area (Å²) >= 11 is 0. The van der Waals surface area contributed by atoms with Gasteiger partial charge in [0, 0.05) is 10.8 Å². The molecule has 2 bridgehead atoms. The Hall–Kier alpha value is -0.780. The van der Waals surface area contributed by atoms with Gasteiger partial charge in [-0.2, -0.15) is 0 Å². The van der Waals surface area contributed by atoms with Crippen molar-refractivity contribution in [1.82, 2.24) is 0 Å². The molecule has 0 aromatic heterocycles. The number of hydrogen-bond acceptors (Lipinski definition) is 0. The highest BCUT2D eigenvalue weighted by atomic mass is 14.7. The monoisotopic (exact) mass is 212 g/mol. The fourth-order valence-electron chi connectivity index (χ4n) is 5.22. The van der Waals surface area contributed by atoms with E-state index in [9.17, 15) is 0 Å². The summed E-state index contributed by atoms with van der Waals surface area (Å²) in [5, 5.41) is 0. The van der Waals surface area contributed by atoms with Crippen LogP contribution in [0.25, 0.3) is 0 Å². The van der Waals surface area contributed by atoms with E-state index in [4.69, 9.17) is 0 Å². The largest absolute Gasteiger partial charge is 0.0876 e. The third-order valence-corrected chi connectivity index (χ3v) is 6.30. The van der Waals surface area contributed by atoms with Crippen LogP contribution in [0.15, 0.2) is 36.5 Å². The Morgan fingerprint density at radius 3 is 1.62 bits per heavy atom. The van der Waals surface area contributed by atoms with E-state index in [0.29, 0.717) is 10.8 Å². The van der Waals surface area contributed by atoms with E-state index in [2.05, 4.69) is 50.3 Å². The molecule has 0 heteroatoms. The molecule has 0 heterocycles. The van der Waals surface area contributed by atoms with Crippen LogP contribution in [0.2, 0.25) is 0 Å². The summed E-state index contributed by atoms with van der Waals surface area (Å²) in [7, 11) is 0. The lowest BCUT2D eigenvalue weighted by Gasteiger charge is -2.70. The van der Waals surface area contributed by atoms with Crippen molar-refractivity contribution >= 4 is 0 Å². The number of fused-ring (bicyclic) bond motifs is 1. The van der Waals surface area contributed by atoms with Gasteiger partial charge >= 0.3 is 0 Å². The van der Waals surface area contributed by atoms with Crippen LogP contribution in [0.4, 0.5) is 0 Å². The number of rotatable bonds is 0. The average molecular weight is 212 g/mol. The standard InChI is InChI=1S/C16H20/c1-11-12(2)14-6-5-13(11)15-7-3-4-8-16(14,15)10-9-15/h3-6,9-14H,7-8H2,1-2H3/t11-,12+,13+,14-,15-,16-/m1/s1. The fourth-order valence-corrected chi connectivity index (χ4v) is 5.22. The molecule has 0 aromatic rings. The second-order valence-electron chi connectivity index (χ2n) is 6.45. The highest BCUT2D eigenvalue weighted by Gasteiger charge is 2.67. The Morgan fingerprint density at radius 1 is 0.812 bits per heavy atom. The molecule has 0 amide bonds. The molecule has 0 unspecified atom stereocenters. The molecule has 5 rings (SSSR count). The summed E-state index contributed by atoms with van der Waals surface area (Å²) < 4.78 is 0. The molecular formula is C16H20. The predicted octanol–water partition coefficient (Wildman–Crippen LogP) is 3.97. The minimum atomic E-state index is 0.507. The van der Waals surface area contributed by atoms with Gasteiger partial charge in [-0.25, -0.2) is 0 Å². The van der Waals surface area contributed by atoms with E-state index >= 15 is 0 Å². The second kappa shape index (κ2) is 2.55. The van der Waals surface area contributed by atoms with Crippen LogP contribution in [-0.2, 0) is 0 Å². The van der Waals surface area contributed by atoms with Gasteiger partial charge in [-0.05, 0) is 36.5 Å². The predicted molar refractivity (Wildman–Crippen MR) is 66.8 cm³/mol. The highest BCUT2D eigenvalue weighted by molar-refractivity contribution is 5.42. The zero-order valence-electron chi connectivity index (χ0n) is 10.2. The zero-order chi connectivity index (χ0) is 11.0. The van der Waals surface area contributed by atoms with Crippen molar-refractivity contribution in [3.8, 4) is 0 Å². The first kappa shape index (κ1) is 9.27. The molecule has 84 valence electrons. The normalized spacial score (nSPS) is 60.4. The van der Waals surface area contributed by atoms with Crippen LogP contribution in [0, 0.1) is 34.5 Å². The molecule has 0 N–H and O–H groups in total. The summed E-state index contributed by atoms with van der Waals surface area (Å²) in [5.41, 5.74) is 1.01. The van der Waals surface area contributed by atoms with E-state index in [1.165, 1.54) is 12.8 Å². The second-order valence-corrected chi connectivity index (χ2v) is 6.45. The smallest absolute Gasteiger partial charge is 0.00813 e. The van der Waals surface area contributed by atoms with E-state index in [0.717, 1.165) is 23.7 Å². The van der Waals surface area contributed by atoms with Gasteiger partial charge in [-0.1, -0.05) is 50.3 Å². The Balaban J connectivity index is 1.94. The average Bonchev–Trinajstić information content (AvgIpc) is 2.27. The number of allylic oxidation sites excluding steroid dienone is 6. The van der Waals surface area contributed by atoms with Gasteiger partial charge in [0.05, 0.1) is 0 Å². The highest BCUT2D eigenvalue weighted by Crippen LogP contribution is 2.73. The third kappa shape index (κ3) is 0.697. The topological polar surface area (TPSA) is 0 Å². The zero-order valence-corrected chi connectivity index (χ0v) is 10.2. The van der Waals surface area contributed by atoms with Crippen LogP contribution in [0.5, 0.6) is 0 Å². The van der Waals surface area contributed by atoms with Gasteiger partial charge in [-0.15, -0.1) is 0 Å². The maximum absolute atomic E-state index is 2.54. The molecule has 1 fully saturated rings. The van der Waals surface area contributed by atoms with Gasteiger partial charge in [0.15, 0.2) is 0 Å². The van der Waals surface area contributed by atoms with E-state index < -0.39 is 0 Å². The fraction of sp³-hybridized carbons (Fsp3) is 0.625. The molecule has 5 aliphatic carbocycles. The van der Waals surface area contributed by atoms with Crippen molar-refractivity contribution in [2.75, 3.05) is 0 Å². The third-order valence-electron chi connectivity index (χ3n) is 6.30. The van der Waals surface area contributed by atoms with Crippen molar-refractivity contribution < 1.29 is 0 Å². The SMILES string of the molecule is C[C@@H]1[C@H](C)[C@H]2C=C[C@@H]1[C@@]13C=C[C@]21CC=CC3. The lowest BCUT2D eigenvalue weighted by Crippen LogP contribution is -2.64. The molecule has 0 radical (unpaired) electrons. The van der Waals surface area contributed by atoms with Crippen molar-refractivity contribution in [1.29, 1.82) is 0 Å². The van der Waals surface area contributed by atoms with Gasteiger partial charge < -0.3 is 0 Å². The van der Waals surface area contributed by atoms with Crippen LogP contribution < -0.4 is 0 Å². The quantitative estimate of drug-likeness (QED) is 0.533. The molecule has 16 heavy (non-hydrogen) atoms. The minimum Gasteiger partial charge on any atom is -0.0876 e. The lowest BCUT2D eigenvalue weighted by molar-refractivity contribution is -0.103. The van der Waals surface area contributed by atoms with E-state index in [1.807, 2.05) is 0 Å². The van der Waals surface area contributed by atoms with Gasteiger partial charge in [0.1, 0.15) is 0 Å². The Labute approximate surface area is 98.1 Å². The molecule has 0 saturated heterocycles. The maximum Gasteiger partial charge on any atom is 0.00813 e. The molecule has 0 aliphatic heterocycles. The lowest BCUT2D eigenvalue weighted by atomic mass is 9.33. The van der Waals surface area contributed by atoms with Crippen LogP contribution in [0.3, 0.4) is 0 Å². The Kier molecular flexibility index (Phi) is 1.48. The molecule has 0 aromatic carbocycles. The van der Waals surface area contributed by atoms with Crippen LogP contribution in [0.1, 0.15) is 26.7 Å². The molecule has 0 nitrogen and oxygen atoms in total. The first-order chi connectivity index (χ1) is 7.71.